The Morgan fingerprint density at radius 1 is 0.879 bits per heavy atom. The van der Waals surface area contributed by atoms with Crippen LogP contribution in [0.2, 0.25) is 0 Å². The van der Waals surface area contributed by atoms with Gasteiger partial charge in [-0.05, 0) is 69.2 Å². The molecule has 4 rings (SSSR count). The second kappa shape index (κ2) is 9.74. The number of amides is 1. The van der Waals surface area contributed by atoms with E-state index >= 15 is 0 Å². The summed E-state index contributed by atoms with van der Waals surface area (Å²) < 4.78 is 11.4. The van der Waals surface area contributed by atoms with Gasteiger partial charge in [0.05, 0.1) is 18.9 Å². The Bertz CT molecular complexity index is 1230. The highest BCUT2D eigenvalue weighted by molar-refractivity contribution is 6.33. The molecular formula is C28H28N2O3. The van der Waals surface area contributed by atoms with E-state index in [1.807, 2.05) is 94.4 Å². The highest BCUT2D eigenvalue weighted by Crippen LogP contribution is 2.32. The fraction of sp³-hybridized carbons (Fsp3) is 0.214. The van der Waals surface area contributed by atoms with Gasteiger partial charge in [0, 0.05) is 5.56 Å². The Kier molecular flexibility index (Phi) is 6.59. The van der Waals surface area contributed by atoms with Gasteiger partial charge in [0.25, 0.3) is 5.91 Å². The van der Waals surface area contributed by atoms with E-state index in [0.29, 0.717) is 36.2 Å². The molecule has 5 heteroatoms. The van der Waals surface area contributed by atoms with Crippen molar-refractivity contribution in [3.63, 3.8) is 0 Å². The van der Waals surface area contributed by atoms with Crippen molar-refractivity contribution in [1.82, 2.24) is 0 Å². The fourth-order valence-corrected chi connectivity index (χ4v) is 3.77. The lowest BCUT2D eigenvalue weighted by Crippen LogP contribution is -2.33. The molecule has 3 aromatic rings. The molecule has 33 heavy (non-hydrogen) atoms. The minimum Gasteiger partial charge on any atom is -0.490 e. The number of carbonyl (C=O) groups excluding carboxylic acids is 1. The van der Waals surface area contributed by atoms with Crippen LogP contribution in [-0.4, -0.2) is 25.0 Å². The number of aliphatic imine (C=N–C) groups is 1. The maximum Gasteiger partial charge on any atom is 0.282 e. The Morgan fingerprint density at radius 2 is 1.58 bits per heavy atom. The number of ether oxygens (including phenoxy) is 2. The molecule has 168 valence electrons. The summed E-state index contributed by atoms with van der Waals surface area (Å²) in [5.74, 6) is 1.80. The zero-order valence-electron chi connectivity index (χ0n) is 19.5. The van der Waals surface area contributed by atoms with E-state index < -0.39 is 0 Å². The summed E-state index contributed by atoms with van der Waals surface area (Å²) in [5.41, 5.74) is 5.11. The van der Waals surface area contributed by atoms with Gasteiger partial charge in [-0.2, -0.15) is 0 Å². The number of hydrogen-bond donors (Lipinski definition) is 0. The van der Waals surface area contributed by atoms with Crippen LogP contribution in [0.25, 0.3) is 6.08 Å². The van der Waals surface area contributed by atoms with Crippen LogP contribution in [0.5, 0.6) is 11.5 Å². The van der Waals surface area contributed by atoms with Crippen LogP contribution in [0.4, 0.5) is 5.69 Å². The van der Waals surface area contributed by atoms with Gasteiger partial charge in [0.15, 0.2) is 11.5 Å². The topological polar surface area (TPSA) is 51.1 Å². The van der Waals surface area contributed by atoms with Crippen LogP contribution in [0.1, 0.15) is 36.1 Å². The first-order valence-corrected chi connectivity index (χ1v) is 11.2. The minimum absolute atomic E-state index is 0.163. The van der Waals surface area contributed by atoms with Crippen molar-refractivity contribution in [3.8, 4) is 11.5 Å². The molecule has 5 nitrogen and oxygen atoms in total. The van der Waals surface area contributed by atoms with E-state index in [1.54, 1.807) is 11.0 Å². The molecule has 0 bridgehead atoms. The summed E-state index contributed by atoms with van der Waals surface area (Å²) >= 11 is 0. The number of hydrogen-bond acceptors (Lipinski definition) is 4. The van der Waals surface area contributed by atoms with Gasteiger partial charge in [-0.1, -0.05) is 48.0 Å². The average Bonchev–Trinajstić information content (AvgIpc) is 3.12. The zero-order chi connectivity index (χ0) is 23.4. The summed E-state index contributed by atoms with van der Waals surface area (Å²) in [5, 5.41) is 0. The van der Waals surface area contributed by atoms with E-state index in [0.717, 1.165) is 27.9 Å². The first kappa shape index (κ1) is 22.3. The van der Waals surface area contributed by atoms with Crippen LogP contribution < -0.4 is 14.4 Å². The van der Waals surface area contributed by atoms with E-state index in [2.05, 4.69) is 0 Å². The molecule has 0 aromatic heterocycles. The van der Waals surface area contributed by atoms with Crippen molar-refractivity contribution < 1.29 is 14.3 Å². The summed E-state index contributed by atoms with van der Waals surface area (Å²) in [6, 6.07) is 21.5. The second-order valence-corrected chi connectivity index (χ2v) is 7.83. The maximum atomic E-state index is 13.6. The van der Waals surface area contributed by atoms with Gasteiger partial charge in [0.2, 0.25) is 0 Å². The summed E-state index contributed by atoms with van der Waals surface area (Å²) in [4.78, 5) is 20.0. The minimum atomic E-state index is -0.163. The molecule has 3 aromatic carbocycles. The standard InChI is InChI=1S/C28H28N2O3/c1-5-32-25-16-13-21(18-26(25)33-6-2)17-24-28(31)30(22-14-11-19(3)12-15-22)27(29-24)23-10-8-7-9-20(23)4/h7-18H,5-6H2,1-4H3/b24-17-. The van der Waals surface area contributed by atoms with Gasteiger partial charge < -0.3 is 9.47 Å². The van der Waals surface area contributed by atoms with Crippen molar-refractivity contribution in [1.29, 1.82) is 0 Å². The van der Waals surface area contributed by atoms with E-state index in [-0.39, 0.29) is 5.91 Å². The molecule has 1 heterocycles. The van der Waals surface area contributed by atoms with Crippen molar-refractivity contribution >= 4 is 23.5 Å². The van der Waals surface area contributed by atoms with Crippen LogP contribution in [0.15, 0.2) is 77.4 Å². The lowest BCUT2D eigenvalue weighted by atomic mass is 10.1. The molecule has 1 amide bonds. The van der Waals surface area contributed by atoms with Crippen molar-refractivity contribution in [3.05, 3.63) is 94.7 Å². The molecule has 0 unspecified atom stereocenters. The number of benzene rings is 3. The van der Waals surface area contributed by atoms with Gasteiger partial charge in [-0.3, -0.25) is 9.69 Å². The third kappa shape index (κ3) is 4.67. The van der Waals surface area contributed by atoms with Crippen molar-refractivity contribution in [2.75, 3.05) is 18.1 Å². The first-order valence-electron chi connectivity index (χ1n) is 11.2. The van der Waals surface area contributed by atoms with Crippen molar-refractivity contribution in [2.24, 2.45) is 4.99 Å². The molecule has 0 aliphatic carbocycles. The van der Waals surface area contributed by atoms with Crippen molar-refractivity contribution in [2.45, 2.75) is 27.7 Å². The number of aryl methyl sites for hydroxylation is 2. The highest BCUT2D eigenvalue weighted by atomic mass is 16.5. The lowest BCUT2D eigenvalue weighted by Gasteiger charge is -2.19. The Labute approximate surface area is 195 Å². The number of rotatable bonds is 7. The van der Waals surface area contributed by atoms with E-state index in [9.17, 15) is 4.79 Å². The summed E-state index contributed by atoms with van der Waals surface area (Å²) in [6.07, 6.45) is 1.80. The molecule has 1 aliphatic heterocycles. The molecule has 0 spiro atoms. The van der Waals surface area contributed by atoms with Crippen LogP contribution >= 0.6 is 0 Å². The number of anilines is 1. The molecule has 1 aliphatic rings. The largest absolute Gasteiger partial charge is 0.490 e. The zero-order valence-corrected chi connectivity index (χ0v) is 19.5. The quantitative estimate of drug-likeness (QED) is 0.428. The third-order valence-electron chi connectivity index (χ3n) is 5.41. The maximum absolute atomic E-state index is 13.6. The Hall–Kier alpha value is -3.86. The smallest absolute Gasteiger partial charge is 0.282 e. The van der Waals surface area contributed by atoms with Gasteiger partial charge in [0.1, 0.15) is 11.5 Å². The molecule has 0 saturated carbocycles. The normalized spacial score (nSPS) is 14.5. The fourth-order valence-electron chi connectivity index (χ4n) is 3.77. The molecule has 0 atom stereocenters. The molecule has 0 radical (unpaired) electrons. The third-order valence-corrected chi connectivity index (χ3v) is 5.41. The predicted molar refractivity (Wildman–Crippen MR) is 133 cm³/mol. The Morgan fingerprint density at radius 3 is 2.27 bits per heavy atom. The summed E-state index contributed by atoms with van der Waals surface area (Å²) in [7, 11) is 0. The Balaban J connectivity index is 1.79. The highest BCUT2D eigenvalue weighted by Gasteiger charge is 2.33. The number of carbonyl (C=O) groups is 1. The van der Waals surface area contributed by atoms with E-state index in [1.165, 1.54) is 0 Å². The van der Waals surface area contributed by atoms with Gasteiger partial charge in [-0.25, -0.2) is 4.99 Å². The first-order chi connectivity index (χ1) is 16.0. The van der Waals surface area contributed by atoms with Crippen LogP contribution in [-0.2, 0) is 4.79 Å². The molecular weight excluding hydrogens is 412 g/mol. The van der Waals surface area contributed by atoms with E-state index in [4.69, 9.17) is 14.5 Å². The molecule has 0 N–H and O–H groups in total. The van der Waals surface area contributed by atoms with Gasteiger partial charge in [-0.15, -0.1) is 0 Å². The summed E-state index contributed by atoms with van der Waals surface area (Å²) in [6.45, 7) is 8.99. The SMILES string of the molecule is CCOc1ccc(/C=C2\N=C(c3ccccc3C)N(c3ccc(C)cc3)C2=O)cc1OCC. The molecule has 0 saturated heterocycles. The number of amidine groups is 1. The van der Waals surface area contributed by atoms with Crippen LogP contribution in [0, 0.1) is 13.8 Å². The lowest BCUT2D eigenvalue weighted by molar-refractivity contribution is -0.113. The molecule has 0 fully saturated rings. The van der Waals surface area contributed by atoms with Gasteiger partial charge >= 0.3 is 0 Å². The average molecular weight is 441 g/mol. The predicted octanol–water partition coefficient (Wildman–Crippen LogP) is 5.94. The number of nitrogens with zero attached hydrogens (tertiary/aromatic N) is 2. The van der Waals surface area contributed by atoms with Crippen LogP contribution in [0.3, 0.4) is 0 Å². The monoisotopic (exact) mass is 440 g/mol. The second-order valence-electron chi connectivity index (χ2n) is 7.83.